The highest BCUT2D eigenvalue weighted by Crippen LogP contribution is 2.54. The molecule has 3 fully saturated rings. The quantitative estimate of drug-likeness (QED) is 0.330. The Morgan fingerprint density at radius 2 is 1.60 bits per heavy atom. The fraction of sp³-hybridized carbons (Fsp3) is 0.600. The van der Waals surface area contributed by atoms with E-state index in [0.717, 1.165) is 0 Å². The number of carbonyl (C=O) groups excluding carboxylic acids is 1. The van der Waals surface area contributed by atoms with E-state index in [2.05, 4.69) is 75.7 Å². The summed E-state index contributed by atoms with van der Waals surface area (Å²) in [4.78, 5) is 26.4. The molecule has 6 rings (SSSR count). The molecule has 0 aliphatic carbocycles. The number of hydrogen-bond acceptors (Lipinski definition) is 9. The summed E-state index contributed by atoms with van der Waals surface area (Å²) >= 11 is 0. The van der Waals surface area contributed by atoms with Gasteiger partial charge in [0, 0.05) is 5.56 Å². The van der Waals surface area contributed by atoms with E-state index in [1.54, 1.807) is 18.5 Å². The van der Waals surface area contributed by atoms with Gasteiger partial charge in [0.15, 0.2) is 23.2 Å². The molecule has 2 aromatic heterocycles. The maximum absolute atomic E-state index is 12.9. The Balaban J connectivity index is 1.37. The van der Waals surface area contributed by atoms with E-state index in [-0.39, 0.29) is 34.2 Å². The largest absolute Gasteiger partial charge is 0.414 e. The summed E-state index contributed by atoms with van der Waals surface area (Å²) in [6, 6.07) is 8.99. The third-order valence-corrected chi connectivity index (χ3v) is 19.5. The molecule has 4 atom stereocenters. The number of rotatable bonds is 7. The fourth-order valence-corrected chi connectivity index (χ4v) is 18.2. The Kier molecular flexibility index (Phi) is 7.89. The van der Waals surface area contributed by atoms with Gasteiger partial charge >= 0.3 is 17.1 Å². The van der Waals surface area contributed by atoms with E-state index in [0.29, 0.717) is 35.8 Å². The SMILES string of the molecule is CC(C)[Si]1(C(C)C)OC[C@]23CO[C@H]([C@H](n4cnc5c(NC(=O)c6ccccc6)ncnc54)O2)[C@@H]3O[Si](C(C)C)(C(C)C)O1. The molecule has 0 radical (unpaired) electrons. The average Bonchev–Trinajstić information content (AvgIpc) is 3.63. The summed E-state index contributed by atoms with van der Waals surface area (Å²) in [7, 11) is -5.61. The predicted molar refractivity (Wildman–Crippen MR) is 166 cm³/mol. The Hall–Kier alpha value is -2.53. The Bertz CT molecular complexity index is 1470. The minimum absolute atomic E-state index is 0.187. The minimum atomic E-state index is -2.86. The maximum atomic E-state index is 12.9. The third-order valence-electron chi connectivity index (χ3n) is 9.27. The number of nitrogens with zero attached hydrogens (tertiary/aromatic N) is 4. The van der Waals surface area contributed by atoms with Crippen molar-refractivity contribution in [3.8, 4) is 0 Å². The Labute approximate surface area is 255 Å². The van der Waals surface area contributed by atoms with Gasteiger partial charge in [0.25, 0.3) is 5.91 Å². The van der Waals surface area contributed by atoms with Crippen LogP contribution in [0.2, 0.25) is 22.2 Å². The first kappa shape index (κ1) is 30.5. The van der Waals surface area contributed by atoms with Gasteiger partial charge in [-0.1, -0.05) is 73.6 Å². The molecule has 2 bridgehead atoms. The van der Waals surface area contributed by atoms with Gasteiger partial charge in [-0.15, -0.1) is 0 Å². The van der Waals surface area contributed by atoms with Crippen molar-refractivity contribution >= 4 is 40.0 Å². The highest BCUT2D eigenvalue weighted by Gasteiger charge is 2.69. The molecule has 0 saturated carbocycles. The topological polar surface area (TPSA) is 119 Å². The second-order valence-electron chi connectivity index (χ2n) is 13.2. The molecule has 3 aliphatic rings. The third kappa shape index (κ3) is 4.80. The second kappa shape index (κ2) is 11.1. The van der Waals surface area contributed by atoms with Crippen LogP contribution in [0.5, 0.6) is 0 Å². The highest BCUT2D eigenvalue weighted by atomic mass is 28.5. The number of imidazole rings is 1. The van der Waals surface area contributed by atoms with Gasteiger partial charge in [0.2, 0.25) is 0 Å². The number of nitrogens with one attached hydrogen (secondary N) is 1. The number of ether oxygens (including phenoxy) is 2. The first-order chi connectivity index (χ1) is 20.4. The van der Waals surface area contributed by atoms with E-state index in [1.807, 2.05) is 22.8 Å². The van der Waals surface area contributed by atoms with Crippen molar-refractivity contribution in [1.29, 1.82) is 0 Å². The number of fused-ring (bicyclic) bond motifs is 1. The highest BCUT2D eigenvalue weighted by molar-refractivity contribution is 6.84. The van der Waals surface area contributed by atoms with Gasteiger partial charge in [-0.05, 0) is 34.3 Å². The molecule has 11 nitrogen and oxygen atoms in total. The van der Waals surface area contributed by atoms with Gasteiger partial charge < -0.3 is 27.8 Å². The summed E-state index contributed by atoms with van der Waals surface area (Å²) in [5.41, 5.74) is 1.55. The number of amides is 1. The first-order valence-electron chi connectivity index (χ1n) is 15.3. The van der Waals surface area contributed by atoms with Gasteiger partial charge in [0.1, 0.15) is 24.1 Å². The van der Waals surface area contributed by atoms with Crippen LogP contribution in [-0.2, 0) is 22.4 Å². The molecule has 3 aliphatic heterocycles. The molecular weight excluding hydrogens is 583 g/mol. The van der Waals surface area contributed by atoms with E-state index < -0.39 is 35.1 Å². The lowest BCUT2D eigenvalue weighted by atomic mass is 10.0. The van der Waals surface area contributed by atoms with Crippen molar-refractivity contribution in [1.82, 2.24) is 19.5 Å². The lowest BCUT2D eigenvalue weighted by Gasteiger charge is -2.52. The number of benzene rings is 1. The number of aromatic nitrogens is 4. The van der Waals surface area contributed by atoms with Crippen LogP contribution in [0, 0.1) is 0 Å². The normalized spacial score (nSPS) is 28.0. The molecule has 1 aromatic carbocycles. The van der Waals surface area contributed by atoms with Crippen molar-refractivity contribution in [2.75, 3.05) is 18.5 Å². The lowest BCUT2D eigenvalue weighted by Crippen LogP contribution is -2.67. The molecule has 1 N–H and O–H groups in total. The molecule has 232 valence electrons. The molecule has 5 heterocycles. The zero-order valence-electron chi connectivity index (χ0n) is 26.2. The number of carbonyl (C=O) groups is 1. The van der Waals surface area contributed by atoms with Crippen LogP contribution in [0.1, 0.15) is 72.0 Å². The predicted octanol–water partition coefficient (Wildman–Crippen LogP) is 5.70. The van der Waals surface area contributed by atoms with Crippen molar-refractivity contribution in [3.63, 3.8) is 0 Å². The maximum Gasteiger partial charge on any atom is 0.335 e. The molecule has 1 amide bonds. The molecular formula is C30H43N5O6Si2. The minimum Gasteiger partial charge on any atom is -0.414 e. The van der Waals surface area contributed by atoms with E-state index >= 15 is 0 Å². The summed E-state index contributed by atoms with van der Waals surface area (Å²) < 4.78 is 37.0. The van der Waals surface area contributed by atoms with Crippen LogP contribution >= 0.6 is 0 Å². The second-order valence-corrected chi connectivity index (χ2v) is 22.1. The Morgan fingerprint density at radius 3 is 2.26 bits per heavy atom. The molecule has 13 heteroatoms. The van der Waals surface area contributed by atoms with E-state index in [4.69, 9.17) is 22.4 Å². The van der Waals surface area contributed by atoms with Crippen molar-refractivity contribution in [2.24, 2.45) is 0 Å². The van der Waals surface area contributed by atoms with Crippen molar-refractivity contribution < 1.29 is 27.2 Å². The molecule has 0 spiro atoms. The molecule has 3 aromatic rings. The molecule has 0 unspecified atom stereocenters. The number of anilines is 1. The summed E-state index contributed by atoms with van der Waals surface area (Å²) in [6.45, 7) is 18.4. The smallest absolute Gasteiger partial charge is 0.335 e. The molecule has 43 heavy (non-hydrogen) atoms. The average molecular weight is 626 g/mol. The van der Waals surface area contributed by atoms with Crippen LogP contribution in [-0.4, -0.2) is 73.6 Å². The van der Waals surface area contributed by atoms with E-state index in [1.165, 1.54) is 6.33 Å². The van der Waals surface area contributed by atoms with Crippen LogP contribution in [0.3, 0.4) is 0 Å². The van der Waals surface area contributed by atoms with Crippen molar-refractivity contribution in [3.05, 3.63) is 48.5 Å². The van der Waals surface area contributed by atoms with Gasteiger partial charge in [0.05, 0.1) is 19.5 Å². The van der Waals surface area contributed by atoms with Crippen LogP contribution < -0.4 is 5.32 Å². The monoisotopic (exact) mass is 625 g/mol. The zero-order valence-corrected chi connectivity index (χ0v) is 28.2. The molecule has 3 saturated heterocycles. The van der Waals surface area contributed by atoms with Gasteiger partial charge in [-0.2, -0.15) is 0 Å². The summed E-state index contributed by atoms with van der Waals surface area (Å²) in [6.07, 6.45) is 1.74. The van der Waals surface area contributed by atoms with Crippen molar-refractivity contribution in [2.45, 2.75) is 102 Å². The summed E-state index contributed by atoms with van der Waals surface area (Å²) in [5, 5.41) is 2.88. The fourth-order valence-electron chi connectivity index (χ4n) is 6.94. The van der Waals surface area contributed by atoms with E-state index in [9.17, 15) is 4.79 Å². The summed E-state index contributed by atoms with van der Waals surface area (Å²) in [5.74, 6) is 0.0544. The van der Waals surface area contributed by atoms with Gasteiger partial charge in [-0.3, -0.25) is 9.36 Å². The number of hydrogen-bond donors (Lipinski definition) is 1. The first-order valence-corrected chi connectivity index (χ1v) is 19.2. The lowest BCUT2D eigenvalue weighted by molar-refractivity contribution is -0.186. The van der Waals surface area contributed by atoms with Crippen LogP contribution in [0.25, 0.3) is 11.2 Å². The Morgan fingerprint density at radius 1 is 0.930 bits per heavy atom. The van der Waals surface area contributed by atoms with Crippen LogP contribution in [0.4, 0.5) is 5.82 Å². The van der Waals surface area contributed by atoms with Crippen LogP contribution in [0.15, 0.2) is 43.0 Å². The van der Waals surface area contributed by atoms with Gasteiger partial charge in [-0.25, -0.2) is 15.0 Å². The zero-order chi connectivity index (χ0) is 30.7. The standard InChI is InChI=1S/C30H43N5O6Si2/c1-18(2)42(19(3)4)38-15-30-14-37-24(25(30)40-43(41-42,20(5)6)21(7)8)29(39-30)35-17-33-23-26(31-16-32-27(23)35)34-28(36)22-12-10-9-11-13-22/h9-13,16-21,24-25,29H,14-15H2,1-8H3,(H,31,32,34,36)/t24-,25-,29+,30-/m0/s1.